The average Bonchev–Trinajstić information content (AvgIpc) is 2.66. The third-order valence-corrected chi connectivity index (χ3v) is 2.83. The number of methoxy groups -OCH3 is 1. The van der Waals surface area contributed by atoms with E-state index in [9.17, 15) is 17.6 Å². The first kappa shape index (κ1) is 12.3. The number of hydrogen-bond acceptors (Lipinski definition) is 6. The minimum Gasteiger partial charge on any atom is -0.468 e. The summed E-state index contributed by atoms with van der Waals surface area (Å²) in [5, 5.41) is 0. The van der Waals surface area contributed by atoms with Crippen molar-refractivity contribution in [1.29, 1.82) is 0 Å². The third-order valence-electron chi connectivity index (χ3n) is 2.28. The summed E-state index contributed by atoms with van der Waals surface area (Å²) in [6.07, 6.45) is 0.483. The molecule has 1 aliphatic carbocycles. The Bertz CT molecular complexity index is 383. The van der Waals surface area contributed by atoms with Gasteiger partial charge in [0.15, 0.2) is 11.2 Å². The standard InChI is InChI=1S/C7H12FNO5S/c1-13-5(10)7(9)3-6(7,8)4-14-15(2,11)12/h3-4,9H2,1-2H3. The van der Waals surface area contributed by atoms with Gasteiger partial charge in [-0.05, 0) is 0 Å². The second-order valence-electron chi connectivity index (χ2n) is 3.57. The topological polar surface area (TPSA) is 95.7 Å². The Balaban J connectivity index is 2.63. The molecule has 15 heavy (non-hydrogen) atoms. The summed E-state index contributed by atoms with van der Waals surface area (Å²) < 4.78 is 43.5. The molecule has 1 aliphatic rings. The monoisotopic (exact) mass is 241 g/mol. The molecule has 0 saturated heterocycles. The molecule has 2 atom stereocenters. The van der Waals surface area contributed by atoms with Gasteiger partial charge in [-0.3, -0.25) is 4.18 Å². The second-order valence-corrected chi connectivity index (χ2v) is 5.22. The lowest BCUT2D eigenvalue weighted by Gasteiger charge is -2.12. The number of halogens is 1. The van der Waals surface area contributed by atoms with E-state index in [0.29, 0.717) is 0 Å². The van der Waals surface area contributed by atoms with Gasteiger partial charge in [-0.15, -0.1) is 0 Å². The number of carbonyl (C=O) groups excluding carboxylic acids is 1. The molecule has 1 rings (SSSR count). The Hall–Kier alpha value is -0.730. The molecule has 0 aromatic rings. The number of esters is 1. The minimum atomic E-state index is -3.75. The number of rotatable bonds is 4. The first-order chi connectivity index (χ1) is 6.65. The molecule has 2 N–H and O–H groups in total. The number of alkyl halides is 1. The van der Waals surface area contributed by atoms with Crippen molar-refractivity contribution in [3.05, 3.63) is 0 Å². The van der Waals surface area contributed by atoms with Crippen LogP contribution in [0.5, 0.6) is 0 Å². The molecule has 1 fully saturated rings. The molecular weight excluding hydrogens is 229 g/mol. The molecule has 0 aromatic heterocycles. The first-order valence-electron chi connectivity index (χ1n) is 4.05. The summed E-state index contributed by atoms with van der Waals surface area (Å²) in [4.78, 5) is 11.0. The van der Waals surface area contributed by atoms with Gasteiger partial charge in [-0.2, -0.15) is 8.42 Å². The van der Waals surface area contributed by atoms with E-state index in [0.717, 1.165) is 13.4 Å². The summed E-state index contributed by atoms with van der Waals surface area (Å²) >= 11 is 0. The maximum atomic E-state index is 13.7. The van der Waals surface area contributed by atoms with Crippen LogP contribution in [0.1, 0.15) is 6.42 Å². The Morgan fingerprint density at radius 3 is 2.53 bits per heavy atom. The summed E-state index contributed by atoms with van der Waals surface area (Å²) in [6, 6.07) is 0. The average molecular weight is 241 g/mol. The first-order valence-corrected chi connectivity index (χ1v) is 5.87. The highest BCUT2D eigenvalue weighted by atomic mass is 32.2. The molecule has 8 heteroatoms. The quantitative estimate of drug-likeness (QED) is 0.498. The van der Waals surface area contributed by atoms with Crippen molar-refractivity contribution in [2.75, 3.05) is 20.0 Å². The van der Waals surface area contributed by atoms with E-state index in [-0.39, 0.29) is 6.42 Å². The maximum absolute atomic E-state index is 13.7. The van der Waals surface area contributed by atoms with Crippen LogP contribution < -0.4 is 5.73 Å². The van der Waals surface area contributed by atoms with Crippen molar-refractivity contribution < 1.29 is 26.5 Å². The van der Waals surface area contributed by atoms with Gasteiger partial charge in [-0.25, -0.2) is 9.18 Å². The maximum Gasteiger partial charge on any atom is 0.329 e. The predicted molar refractivity (Wildman–Crippen MR) is 48.2 cm³/mol. The second kappa shape index (κ2) is 3.39. The number of ether oxygens (including phenoxy) is 1. The molecule has 0 radical (unpaired) electrons. The number of nitrogens with two attached hydrogens (primary N) is 1. The van der Waals surface area contributed by atoms with Crippen LogP contribution in [0.15, 0.2) is 0 Å². The number of carbonyl (C=O) groups is 1. The van der Waals surface area contributed by atoms with Crippen LogP contribution in [0.25, 0.3) is 0 Å². The highest BCUT2D eigenvalue weighted by molar-refractivity contribution is 7.85. The van der Waals surface area contributed by atoms with Gasteiger partial charge in [0.2, 0.25) is 0 Å². The van der Waals surface area contributed by atoms with Crippen molar-refractivity contribution in [2.24, 2.45) is 5.73 Å². The molecule has 0 bridgehead atoms. The van der Waals surface area contributed by atoms with E-state index in [1.807, 2.05) is 0 Å². The van der Waals surface area contributed by atoms with Crippen LogP contribution in [0.3, 0.4) is 0 Å². The molecule has 0 spiro atoms. The molecular formula is C7H12FNO5S. The minimum absolute atomic E-state index is 0.303. The summed E-state index contributed by atoms with van der Waals surface area (Å²) in [6.45, 7) is -0.766. The molecule has 0 aromatic carbocycles. The smallest absolute Gasteiger partial charge is 0.329 e. The van der Waals surface area contributed by atoms with Gasteiger partial charge in [0.05, 0.1) is 13.4 Å². The van der Waals surface area contributed by atoms with Crippen LogP contribution in [0.4, 0.5) is 4.39 Å². The number of hydrogen-bond donors (Lipinski definition) is 1. The molecule has 0 amide bonds. The Morgan fingerprint density at radius 1 is 1.60 bits per heavy atom. The highest BCUT2D eigenvalue weighted by Crippen LogP contribution is 2.50. The van der Waals surface area contributed by atoms with E-state index in [4.69, 9.17) is 5.73 Å². The summed E-state index contributed by atoms with van der Waals surface area (Å²) in [7, 11) is -2.67. The molecule has 88 valence electrons. The van der Waals surface area contributed by atoms with Crippen molar-refractivity contribution in [1.82, 2.24) is 0 Å². The van der Waals surface area contributed by atoms with Crippen LogP contribution in [-0.2, 0) is 23.8 Å². The SMILES string of the molecule is COC(=O)C1(N)CC1(F)COS(C)(=O)=O. The van der Waals surface area contributed by atoms with Crippen LogP contribution in [0.2, 0.25) is 0 Å². The van der Waals surface area contributed by atoms with Crippen LogP contribution >= 0.6 is 0 Å². The lowest BCUT2D eigenvalue weighted by molar-refractivity contribution is -0.144. The molecule has 0 heterocycles. The van der Waals surface area contributed by atoms with Crippen LogP contribution in [-0.4, -0.2) is 45.6 Å². The van der Waals surface area contributed by atoms with E-state index >= 15 is 0 Å². The van der Waals surface area contributed by atoms with E-state index in [1.165, 1.54) is 0 Å². The zero-order valence-electron chi connectivity index (χ0n) is 8.32. The lowest BCUT2D eigenvalue weighted by Crippen LogP contribution is -2.43. The molecule has 1 saturated carbocycles. The predicted octanol–water partition coefficient (Wildman–Crippen LogP) is -1.05. The molecule has 0 aliphatic heterocycles. The summed E-state index contributed by atoms with van der Waals surface area (Å²) in [5.41, 5.74) is 1.44. The fourth-order valence-electron chi connectivity index (χ4n) is 1.22. The fourth-order valence-corrected chi connectivity index (χ4v) is 1.62. The zero-order valence-corrected chi connectivity index (χ0v) is 9.14. The largest absolute Gasteiger partial charge is 0.468 e. The van der Waals surface area contributed by atoms with Crippen molar-refractivity contribution in [3.8, 4) is 0 Å². The van der Waals surface area contributed by atoms with E-state index in [2.05, 4.69) is 8.92 Å². The Morgan fingerprint density at radius 2 is 2.13 bits per heavy atom. The van der Waals surface area contributed by atoms with Gasteiger partial charge in [0.1, 0.15) is 6.61 Å². The Labute approximate surface area is 86.7 Å². The van der Waals surface area contributed by atoms with Crippen molar-refractivity contribution in [3.63, 3.8) is 0 Å². The van der Waals surface area contributed by atoms with Gasteiger partial charge in [0, 0.05) is 6.42 Å². The van der Waals surface area contributed by atoms with E-state index in [1.54, 1.807) is 0 Å². The Kier molecular flexibility index (Phi) is 2.79. The fraction of sp³-hybridized carbons (Fsp3) is 0.857. The summed E-state index contributed by atoms with van der Waals surface area (Å²) in [5.74, 6) is -0.915. The highest BCUT2D eigenvalue weighted by Gasteiger charge is 2.73. The molecule has 2 unspecified atom stereocenters. The zero-order chi connectivity index (χ0) is 11.9. The van der Waals surface area contributed by atoms with E-state index < -0.39 is 33.9 Å². The van der Waals surface area contributed by atoms with Gasteiger partial charge in [0.25, 0.3) is 10.1 Å². The van der Waals surface area contributed by atoms with Crippen molar-refractivity contribution >= 4 is 16.1 Å². The normalized spacial score (nSPS) is 34.9. The van der Waals surface area contributed by atoms with Gasteiger partial charge >= 0.3 is 5.97 Å². The molecule has 6 nitrogen and oxygen atoms in total. The van der Waals surface area contributed by atoms with Crippen LogP contribution in [0, 0.1) is 0 Å². The lowest BCUT2D eigenvalue weighted by atomic mass is 10.2. The van der Waals surface area contributed by atoms with Gasteiger partial charge in [-0.1, -0.05) is 0 Å². The van der Waals surface area contributed by atoms with Gasteiger partial charge < -0.3 is 10.5 Å². The third kappa shape index (κ3) is 2.27. The van der Waals surface area contributed by atoms with Crippen molar-refractivity contribution in [2.45, 2.75) is 17.6 Å².